The maximum absolute atomic E-state index is 12.8. The molecule has 1 N–H and O–H groups in total. The van der Waals surface area contributed by atoms with Crippen LogP contribution in [-0.2, 0) is 14.8 Å². The molecule has 0 unspecified atom stereocenters. The van der Waals surface area contributed by atoms with Gasteiger partial charge < -0.3 is 10.1 Å². The zero-order valence-corrected chi connectivity index (χ0v) is 19.4. The van der Waals surface area contributed by atoms with E-state index in [0.29, 0.717) is 36.3 Å². The van der Waals surface area contributed by atoms with E-state index in [9.17, 15) is 13.2 Å². The number of carbonyl (C=O) groups excluding carboxylic acids is 1. The second-order valence-corrected chi connectivity index (χ2v) is 10.6. The SMILES string of the molecule is CCOc1ccc(N([C@H](CC)C(=O)NCCSC2CCCCC2)S(C)(=O)=O)cc1. The van der Waals surface area contributed by atoms with Crippen LogP contribution in [0.3, 0.4) is 0 Å². The van der Waals surface area contributed by atoms with Gasteiger partial charge in [0.25, 0.3) is 0 Å². The van der Waals surface area contributed by atoms with Crippen molar-refractivity contribution in [2.75, 3.05) is 29.5 Å². The number of amides is 1. The van der Waals surface area contributed by atoms with Gasteiger partial charge in [-0.25, -0.2) is 8.42 Å². The van der Waals surface area contributed by atoms with Gasteiger partial charge >= 0.3 is 0 Å². The van der Waals surface area contributed by atoms with Gasteiger partial charge in [0, 0.05) is 17.5 Å². The van der Waals surface area contributed by atoms with Gasteiger partial charge in [-0.1, -0.05) is 26.2 Å². The molecule has 2 rings (SSSR count). The fourth-order valence-electron chi connectivity index (χ4n) is 3.67. The number of rotatable bonds is 11. The van der Waals surface area contributed by atoms with E-state index in [1.807, 2.05) is 25.6 Å². The molecule has 0 spiro atoms. The highest BCUT2D eigenvalue weighted by atomic mass is 32.2. The molecule has 1 aliphatic rings. The van der Waals surface area contributed by atoms with Crippen molar-refractivity contribution in [3.05, 3.63) is 24.3 Å². The third-order valence-electron chi connectivity index (χ3n) is 5.04. The van der Waals surface area contributed by atoms with Crippen LogP contribution in [-0.4, -0.2) is 50.8 Å². The van der Waals surface area contributed by atoms with Crippen LogP contribution in [0.15, 0.2) is 24.3 Å². The maximum atomic E-state index is 12.8. The molecule has 1 aromatic carbocycles. The van der Waals surface area contributed by atoms with Crippen molar-refractivity contribution < 1.29 is 17.9 Å². The van der Waals surface area contributed by atoms with Crippen LogP contribution in [0.5, 0.6) is 5.75 Å². The lowest BCUT2D eigenvalue weighted by Gasteiger charge is -2.30. The largest absolute Gasteiger partial charge is 0.494 e. The monoisotopic (exact) mass is 442 g/mol. The quantitative estimate of drug-likeness (QED) is 0.528. The minimum atomic E-state index is -3.62. The highest BCUT2D eigenvalue weighted by Gasteiger charge is 2.31. The van der Waals surface area contributed by atoms with Crippen molar-refractivity contribution in [2.45, 2.75) is 63.7 Å². The summed E-state index contributed by atoms with van der Waals surface area (Å²) >= 11 is 1.91. The molecule has 8 heteroatoms. The van der Waals surface area contributed by atoms with Crippen LogP contribution >= 0.6 is 11.8 Å². The predicted molar refractivity (Wildman–Crippen MR) is 121 cm³/mol. The lowest BCUT2D eigenvalue weighted by Crippen LogP contribution is -2.49. The van der Waals surface area contributed by atoms with Gasteiger partial charge in [-0.15, -0.1) is 0 Å². The highest BCUT2D eigenvalue weighted by Crippen LogP contribution is 2.28. The van der Waals surface area contributed by atoms with Crippen LogP contribution in [0.4, 0.5) is 5.69 Å². The predicted octanol–water partition coefficient (Wildman–Crippen LogP) is 3.81. The van der Waals surface area contributed by atoms with Crippen molar-refractivity contribution in [1.29, 1.82) is 0 Å². The molecule has 1 aromatic rings. The Kier molecular flexibility index (Phi) is 9.62. The van der Waals surface area contributed by atoms with Crippen molar-refractivity contribution in [2.24, 2.45) is 0 Å². The summed E-state index contributed by atoms with van der Waals surface area (Å²) in [5, 5.41) is 3.63. The fourth-order valence-corrected chi connectivity index (χ4v) is 6.10. The zero-order chi connectivity index (χ0) is 21.3. The molecule has 29 heavy (non-hydrogen) atoms. The number of benzene rings is 1. The van der Waals surface area contributed by atoms with Gasteiger partial charge in [-0.2, -0.15) is 11.8 Å². The van der Waals surface area contributed by atoms with E-state index >= 15 is 0 Å². The van der Waals surface area contributed by atoms with E-state index in [1.165, 1.54) is 36.4 Å². The van der Waals surface area contributed by atoms with E-state index < -0.39 is 16.1 Å². The average Bonchev–Trinajstić information content (AvgIpc) is 2.70. The van der Waals surface area contributed by atoms with Crippen molar-refractivity contribution in [3.63, 3.8) is 0 Å². The molecule has 0 aromatic heterocycles. The van der Waals surface area contributed by atoms with Crippen LogP contribution in [0, 0.1) is 0 Å². The number of carbonyl (C=O) groups is 1. The molecule has 0 bridgehead atoms. The summed E-state index contributed by atoms with van der Waals surface area (Å²) in [6.45, 7) is 4.81. The Bertz CT molecular complexity index is 732. The van der Waals surface area contributed by atoms with E-state index in [4.69, 9.17) is 4.74 Å². The number of hydrogen-bond donors (Lipinski definition) is 1. The number of ether oxygens (including phenoxy) is 1. The molecule has 1 atom stereocenters. The first-order chi connectivity index (χ1) is 13.9. The molecule has 0 heterocycles. The Labute approximate surface area is 179 Å². The molecule has 0 saturated heterocycles. The Morgan fingerprint density at radius 2 is 1.86 bits per heavy atom. The first-order valence-electron chi connectivity index (χ1n) is 10.5. The number of anilines is 1. The summed E-state index contributed by atoms with van der Waals surface area (Å²) in [6.07, 6.45) is 7.98. The second kappa shape index (κ2) is 11.7. The summed E-state index contributed by atoms with van der Waals surface area (Å²) in [6, 6.07) is 6.04. The van der Waals surface area contributed by atoms with Crippen molar-refractivity contribution >= 4 is 33.4 Å². The highest BCUT2D eigenvalue weighted by molar-refractivity contribution is 7.99. The second-order valence-electron chi connectivity index (χ2n) is 7.33. The van der Waals surface area contributed by atoms with Crippen LogP contribution in [0.25, 0.3) is 0 Å². The maximum Gasteiger partial charge on any atom is 0.243 e. The van der Waals surface area contributed by atoms with E-state index in [-0.39, 0.29) is 5.91 Å². The van der Waals surface area contributed by atoms with Gasteiger partial charge in [0.15, 0.2) is 0 Å². The standard InChI is InChI=1S/C21H34N2O4S2/c1-4-20(21(24)22-15-16-28-19-9-7-6-8-10-19)23(29(3,25)26)17-11-13-18(14-12-17)27-5-2/h11-14,19-20H,4-10,15-16H2,1-3H3,(H,22,24)/t20-/m1/s1. The topological polar surface area (TPSA) is 75.7 Å². The van der Waals surface area contributed by atoms with E-state index in [2.05, 4.69) is 5.32 Å². The molecule has 6 nitrogen and oxygen atoms in total. The van der Waals surface area contributed by atoms with Crippen LogP contribution in [0.1, 0.15) is 52.4 Å². The van der Waals surface area contributed by atoms with Crippen LogP contribution < -0.4 is 14.4 Å². The molecule has 164 valence electrons. The minimum absolute atomic E-state index is 0.254. The normalized spacial score (nSPS) is 16.2. The van der Waals surface area contributed by atoms with Gasteiger partial charge in [0.2, 0.25) is 15.9 Å². The third-order valence-corrected chi connectivity index (χ3v) is 7.60. The minimum Gasteiger partial charge on any atom is -0.494 e. The van der Waals surface area contributed by atoms with Crippen molar-refractivity contribution in [1.82, 2.24) is 5.32 Å². The number of nitrogens with one attached hydrogen (secondary N) is 1. The van der Waals surface area contributed by atoms with Gasteiger partial charge in [-0.3, -0.25) is 9.10 Å². The van der Waals surface area contributed by atoms with E-state index in [1.54, 1.807) is 24.3 Å². The summed E-state index contributed by atoms with van der Waals surface area (Å²) in [7, 11) is -3.62. The first kappa shape index (κ1) is 23.9. The lowest BCUT2D eigenvalue weighted by atomic mass is 10.0. The first-order valence-corrected chi connectivity index (χ1v) is 13.4. The Morgan fingerprint density at radius 1 is 1.21 bits per heavy atom. The molecular weight excluding hydrogens is 408 g/mol. The lowest BCUT2D eigenvalue weighted by molar-refractivity contribution is -0.122. The van der Waals surface area contributed by atoms with Gasteiger partial charge in [0.1, 0.15) is 11.8 Å². The average molecular weight is 443 g/mol. The summed E-state index contributed by atoms with van der Waals surface area (Å²) in [5.74, 6) is 1.27. The Morgan fingerprint density at radius 3 is 2.41 bits per heavy atom. The molecular formula is C21H34N2O4S2. The van der Waals surface area contributed by atoms with E-state index in [0.717, 1.165) is 12.0 Å². The van der Waals surface area contributed by atoms with Crippen LogP contribution in [0.2, 0.25) is 0 Å². The molecule has 0 radical (unpaired) electrons. The third kappa shape index (κ3) is 7.41. The molecule has 1 saturated carbocycles. The van der Waals surface area contributed by atoms with Crippen molar-refractivity contribution in [3.8, 4) is 5.75 Å². The summed E-state index contributed by atoms with van der Waals surface area (Å²) in [4.78, 5) is 12.8. The molecule has 1 amide bonds. The molecule has 1 aliphatic carbocycles. The Hall–Kier alpha value is -1.41. The zero-order valence-electron chi connectivity index (χ0n) is 17.7. The number of hydrogen-bond acceptors (Lipinski definition) is 5. The molecule has 1 fully saturated rings. The smallest absolute Gasteiger partial charge is 0.243 e. The Balaban J connectivity index is 2.00. The summed E-state index contributed by atoms with van der Waals surface area (Å²) < 4.78 is 31.6. The summed E-state index contributed by atoms with van der Waals surface area (Å²) in [5.41, 5.74) is 0.467. The molecule has 0 aliphatic heterocycles. The fraction of sp³-hybridized carbons (Fsp3) is 0.667. The number of thioether (sulfide) groups is 1. The van der Waals surface area contributed by atoms with Gasteiger partial charge in [0.05, 0.1) is 18.6 Å². The van der Waals surface area contributed by atoms with Gasteiger partial charge in [-0.05, 0) is 50.5 Å². The number of nitrogens with zero attached hydrogens (tertiary/aromatic N) is 1. The number of sulfonamides is 1.